The summed E-state index contributed by atoms with van der Waals surface area (Å²) in [5, 5.41) is 7.15. The lowest BCUT2D eigenvalue weighted by molar-refractivity contribution is 0.301. The Kier molecular flexibility index (Phi) is 9.94. The maximum absolute atomic E-state index is 4.65. The number of rotatable bonds is 9. The van der Waals surface area contributed by atoms with Crippen LogP contribution in [-0.2, 0) is 5.41 Å². The Labute approximate surface area is 292 Å². The van der Waals surface area contributed by atoms with Crippen LogP contribution in [0.4, 0.5) is 11.4 Å². The van der Waals surface area contributed by atoms with Gasteiger partial charge in [-0.25, -0.2) is 0 Å². The first-order valence-electron chi connectivity index (χ1n) is 19.0. The monoisotopic (exact) mass is 646 g/mol. The molecule has 4 heteroatoms. The van der Waals surface area contributed by atoms with E-state index in [2.05, 4.69) is 118 Å². The average Bonchev–Trinajstić information content (AvgIpc) is 3.32. The molecule has 48 heavy (non-hydrogen) atoms. The van der Waals surface area contributed by atoms with Gasteiger partial charge in [-0.05, 0) is 116 Å². The highest BCUT2D eigenvalue weighted by Gasteiger charge is 2.44. The van der Waals surface area contributed by atoms with Gasteiger partial charge in [-0.2, -0.15) is 0 Å². The van der Waals surface area contributed by atoms with Crippen LogP contribution in [0.5, 0.6) is 0 Å². The highest BCUT2D eigenvalue weighted by atomic mass is 15.2. The molecule has 2 aliphatic heterocycles. The van der Waals surface area contributed by atoms with Crippen molar-refractivity contribution in [1.29, 1.82) is 0 Å². The fourth-order valence-electron chi connectivity index (χ4n) is 9.36. The molecule has 258 valence electrons. The minimum absolute atomic E-state index is 0.240. The van der Waals surface area contributed by atoms with E-state index in [1.165, 1.54) is 116 Å². The van der Waals surface area contributed by atoms with E-state index in [1.807, 2.05) is 0 Å². The molecule has 2 aliphatic carbocycles. The first-order chi connectivity index (χ1) is 22.9. The summed E-state index contributed by atoms with van der Waals surface area (Å²) in [5.74, 6) is 0. The lowest BCUT2D eigenvalue weighted by Crippen LogP contribution is -2.38. The number of hydrogen-bond donors (Lipinski definition) is 2. The third kappa shape index (κ3) is 7.00. The predicted molar refractivity (Wildman–Crippen MR) is 209 cm³/mol. The van der Waals surface area contributed by atoms with E-state index in [-0.39, 0.29) is 5.41 Å². The van der Waals surface area contributed by atoms with Crippen LogP contribution in [0.25, 0.3) is 16.8 Å². The van der Waals surface area contributed by atoms with Crippen LogP contribution in [0.2, 0.25) is 0 Å². The van der Waals surface area contributed by atoms with Gasteiger partial charge in [-0.15, -0.1) is 0 Å². The maximum atomic E-state index is 4.65. The Morgan fingerprint density at radius 2 is 1.69 bits per heavy atom. The highest BCUT2D eigenvalue weighted by molar-refractivity contribution is 5.82. The maximum Gasteiger partial charge on any atom is 0.0423 e. The van der Waals surface area contributed by atoms with Crippen molar-refractivity contribution in [1.82, 2.24) is 10.6 Å². The third-order valence-corrected chi connectivity index (χ3v) is 11.7. The van der Waals surface area contributed by atoms with Gasteiger partial charge >= 0.3 is 0 Å². The number of hydrogen-bond acceptors (Lipinski definition) is 4. The van der Waals surface area contributed by atoms with E-state index in [1.54, 1.807) is 5.56 Å². The van der Waals surface area contributed by atoms with Gasteiger partial charge in [0.2, 0.25) is 0 Å². The summed E-state index contributed by atoms with van der Waals surface area (Å²) in [6, 6.07) is 13.0. The average molecular weight is 647 g/mol. The number of nitrogens with one attached hydrogen (secondary N) is 2. The number of dihydropyridines is 1. The summed E-state index contributed by atoms with van der Waals surface area (Å²) < 4.78 is 0. The second-order valence-electron chi connectivity index (χ2n) is 16.7. The van der Waals surface area contributed by atoms with E-state index in [9.17, 15) is 0 Å². The zero-order valence-electron chi connectivity index (χ0n) is 31.2. The SMILES string of the molecule is C=C1NC(C)=CC(C)=C1CNC(=C)c1cc(-c2ccc3c(c2)N(CC(C)(C)C)CC32CCCCC2)cc(N(CC)C2CCCCC2)c1C. The summed E-state index contributed by atoms with van der Waals surface area (Å²) >= 11 is 0. The molecule has 4 aliphatic rings. The molecule has 2 N–H and O–H groups in total. The first kappa shape index (κ1) is 34.5. The molecule has 0 aromatic heterocycles. The summed E-state index contributed by atoms with van der Waals surface area (Å²) in [6.45, 7) is 29.0. The Hall–Kier alpha value is -3.40. The number of allylic oxidation sites excluding steroid dienone is 3. The fraction of sp³-hybridized carbons (Fsp3) is 0.545. The lowest BCUT2D eigenvalue weighted by atomic mass is 9.70. The summed E-state index contributed by atoms with van der Waals surface area (Å²) in [5.41, 5.74) is 15.7. The molecule has 2 heterocycles. The van der Waals surface area contributed by atoms with Crippen molar-refractivity contribution in [2.24, 2.45) is 5.41 Å². The van der Waals surface area contributed by atoms with Crippen LogP contribution in [0.1, 0.15) is 122 Å². The number of nitrogens with zero attached hydrogens (tertiary/aromatic N) is 2. The zero-order valence-corrected chi connectivity index (χ0v) is 31.2. The van der Waals surface area contributed by atoms with Crippen LogP contribution in [0.3, 0.4) is 0 Å². The third-order valence-electron chi connectivity index (χ3n) is 11.7. The molecule has 0 saturated heterocycles. The molecular weight excluding hydrogens is 585 g/mol. The number of fused-ring (bicyclic) bond motifs is 2. The normalized spacial score (nSPS) is 19.7. The molecule has 2 saturated carbocycles. The predicted octanol–water partition coefficient (Wildman–Crippen LogP) is 10.8. The molecule has 0 bridgehead atoms. The second kappa shape index (κ2) is 13.8. The minimum Gasteiger partial charge on any atom is -0.381 e. The first-order valence-corrected chi connectivity index (χ1v) is 19.0. The van der Waals surface area contributed by atoms with Crippen molar-refractivity contribution in [3.05, 3.63) is 88.8 Å². The van der Waals surface area contributed by atoms with E-state index in [0.717, 1.165) is 30.2 Å². The molecular formula is C44H62N4. The van der Waals surface area contributed by atoms with E-state index < -0.39 is 0 Å². The van der Waals surface area contributed by atoms with Crippen molar-refractivity contribution < 1.29 is 0 Å². The number of benzene rings is 2. The molecule has 1 spiro atoms. The van der Waals surface area contributed by atoms with Gasteiger partial charge in [0.05, 0.1) is 0 Å². The Balaban J connectivity index is 1.42. The quantitative estimate of drug-likeness (QED) is 0.284. The van der Waals surface area contributed by atoms with Gasteiger partial charge in [0.1, 0.15) is 0 Å². The van der Waals surface area contributed by atoms with Crippen LogP contribution in [-0.4, -0.2) is 32.2 Å². The van der Waals surface area contributed by atoms with Crippen LogP contribution < -0.4 is 20.4 Å². The molecule has 2 aromatic rings. The molecule has 0 atom stereocenters. The number of anilines is 2. The largest absolute Gasteiger partial charge is 0.381 e. The van der Waals surface area contributed by atoms with Crippen LogP contribution in [0.15, 0.2) is 72.1 Å². The molecule has 2 fully saturated rings. The summed E-state index contributed by atoms with van der Waals surface area (Å²) in [4.78, 5) is 5.44. The fourth-order valence-corrected chi connectivity index (χ4v) is 9.36. The molecule has 0 unspecified atom stereocenters. The Morgan fingerprint density at radius 3 is 2.35 bits per heavy atom. The molecule has 0 amide bonds. The van der Waals surface area contributed by atoms with Crippen LogP contribution in [0, 0.1) is 12.3 Å². The topological polar surface area (TPSA) is 30.5 Å². The van der Waals surface area contributed by atoms with Crippen molar-refractivity contribution in [2.45, 2.75) is 124 Å². The molecule has 6 rings (SSSR count). The molecule has 4 nitrogen and oxygen atoms in total. The zero-order chi connectivity index (χ0) is 34.2. The van der Waals surface area contributed by atoms with Gasteiger partial charge < -0.3 is 20.4 Å². The lowest BCUT2D eigenvalue weighted by Gasteiger charge is -2.37. The second-order valence-corrected chi connectivity index (χ2v) is 16.7. The summed E-state index contributed by atoms with van der Waals surface area (Å²) in [7, 11) is 0. The Morgan fingerprint density at radius 1 is 0.979 bits per heavy atom. The van der Waals surface area contributed by atoms with Crippen molar-refractivity contribution in [3.8, 4) is 11.1 Å². The van der Waals surface area contributed by atoms with Gasteiger partial charge in [0, 0.05) is 71.7 Å². The van der Waals surface area contributed by atoms with Crippen molar-refractivity contribution in [3.63, 3.8) is 0 Å². The van der Waals surface area contributed by atoms with Gasteiger partial charge in [0.25, 0.3) is 0 Å². The van der Waals surface area contributed by atoms with Crippen molar-refractivity contribution >= 4 is 17.1 Å². The molecule has 2 aromatic carbocycles. The van der Waals surface area contributed by atoms with Crippen LogP contribution >= 0.6 is 0 Å². The smallest absolute Gasteiger partial charge is 0.0423 e. The minimum atomic E-state index is 0.240. The van der Waals surface area contributed by atoms with E-state index in [4.69, 9.17) is 0 Å². The van der Waals surface area contributed by atoms with E-state index in [0.29, 0.717) is 18.0 Å². The van der Waals surface area contributed by atoms with E-state index >= 15 is 0 Å². The van der Waals surface area contributed by atoms with Gasteiger partial charge in [-0.1, -0.05) is 84.6 Å². The Bertz CT molecular complexity index is 1600. The standard InChI is InChI=1S/C44H62N4/c1-10-48(37-17-13-11-14-18-37)41-26-36(24-38(32(41)4)33(5)45-27-39-30(2)23-31(3)46-34(39)6)35-19-20-40-42(25-35)47(28-43(7,8)9)29-44(40)21-15-12-16-22-44/h19-20,23-26,37,45-46H,5-6,10-18,21-22,27-29H2,1-4,7-9H3. The van der Waals surface area contributed by atoms with Gasteiger partial charge in [-0.3, -0.25) is 0 Å². The highest BCUT2D eigenvalue weighted by Crippen LogP contribution is 2.51. The van der Waals surface area contributed by atoms with Gasteiger partial charge in [0.15, 0.2) is 0 Å². The van der Waals surface area contributed by atoms with Crippen molar-refractivity contribution in [2.75, 3.05) is 36.0 Å². The summed E-state index contributed by atoms with van der Waals surface area (Å²) in [6.07, 6.45) is 15.5. The molecule has 0 radical (unpaired) electrons.